The first kappa shape index (κ1) is 12.6. The van der Waals surface area contributed by atoms with Crippen LogP contribution in [0.1, 0.15) is 30.3 Å². The average Bonchev–Trinajstić information content (AvgIpc) is 3.16. The van der Waals surface area contributed by atoms with E-state index in [0.717, 1.165) is 37.3 Å². The lowest BCUT2D eigenvalue weighted by Gasteiger charge is -2.13. The van der Waals surface area contributed by atoms with E-state index in [1.54, 1.807) is 0 Å². The molecule has 2 aromatic carbocycles. The Morgan fingerprint density at radius 2 is 1.86 bits per heavy atom. The van der Waals surface area contributed by atoms with E-state index < -0.39 is 0 Å². The summed E-state index contributed by atoms with van der Waals surface area (Å²) in [5.74, 6) is 1.07. The van der Waals surface area contributed by atoms with Gasteiger partial charge in [-0.05, 0) is 30.5 Å². The fourth-order valence-electron chi connectivity index (χ4n) is 3.05. The largest absolute Gasteiger partial charge is 0.370 e. The molecule has 106 valence electrons. The van der Waals surface area contributed by atoms with Crippen molar-refractivity contribution >= 4 is 11.0 Å². The first-order valence-corrected chi connectivity index (χ1v) is 7.52. The third-order valence-corrected chi connectivity index (χ3v) is 4.09. The number of fused-ring (bicyclic) bond motifs is 1. The normalized spacial score (nSPS) is 18.4. The van der Waals surface area contributed by atoms with Gasteiger partial charge in [-0.2, -0.15) is 0 Å². The zero-order valence-corrected chi connectivity index (χ0v) is 11.9. The molecule has 1 saturated heterocycles. The van der Waals surface area contributed by atoms with Crippen LogP contribution in [0.2, 0.25) is 0 Å². The van der Waals surface area contributed by atoms with E-state index in [1.165, 1.54) is 11.1 Å². The summed E-state index contributed by atoms with van der Waals surface area (Å²) in [4.78, 5) is 4.83. The predicted octanol–water partition coefficient (Wildman–Crippen LogP) is 3.94. The van der Waals surface area contributed by atoms with Crippen molar-refractivity contribution in [3.05, 3.63) is 66.0 Å². The number of aromatic nitrogens is 2. The van der Waals surface area contributed by atoms with Crippen LogP contribution in [0.15, 0.2) is 54.6 Å². The van der Waals surface area contributed by atoms with Crippen molar-refractivity contribution in [3.63, 3.8) is 0 Å². The Morgan fingerprint density at radius 1 is 1.05 bits per heavy atom. The molecule has 0 spiro atoms. The number of benzene rings is 2. The minimum Gasteiger partial charge on any atom is -0.370 e. The maximum Gasteiger partial charge on any atom is 0.139 e. The number of para-hydroxylation sites is 2. The fourth-order valence-corrected chi connectivity index (χ4v) is 3.05. The Morgan fingerprint density at radius 3 is 2.67 bits per heavy atom. The van der Waals surface area contributed by atoms with Crippen molar-refractivity contribution < 1.29 is 4.74 Å². The molecule has 0 aliphatic carbocycles. The quantitative estimate of drug-likeness (QED) is 0.725. The SMILES string of the molecule is c1ccc(Cn2c([C@@H]3CCCO3)nc3ccccc32)cc1. The molecule has 4 rings (SSSR count). The maximum atomic E-state index is 5.86. The predicted molar refractivity (Wildman–Crippen MR) is 83.2 cm³/mol. The molecule has 1 aromatic heterocycles. The summed E-state index contributed by atoms with van der Waals surface area (Å²) >= 11 is 0. The smallest absolute Gasteiger partial charge is 0.139 e. The lowest BCUT2D eigenvalue weighted by atomic mass is 10.2. The minimum atomic E-state index is 0.140. The summed E-state index contributed by atoms with van der Waals surface area (Å²) in [5.41, 5.74) is 3.53. The molecule has 1 aliphatic rings. The lowest BCUT2D eigenvalue weighted by molar-refractivity contribution is 0.103. The van der Waals surface area contributed by atoms with E-state index >= 15 is 0 Å². The van der Waals surface area contributed by atoms with Gasteiger partial charge in [0.05, 0.1) is 11.0 Å². The van der Waals surface area contributed by atoms with Crippen LogP contribution in [-0.2, 0) is 11.3 Å². The van der Waals surface area contributed by atoms with Crippen molar-refractivity contribution in [1.82, 2.24) is 9.55 Å². The van der Waals surface area contributed by atoms with Crippen molar-refractivity contribution in [3.8, 4) is 0 Å². The molecule has 1 aliphatic heterocycles. The van der Waals surface area contributed by atoms with Gasteiger partial charge in [0.2, 0.25) is 0 Å². The second kappa shape index (κ2) is 5.34. The molecule has 3 heteroatoms. The summed E-state index contributed by atoms with van der Waals surface area (Å²) in [6, 6.07) is 18.9. The molecule has 3 aromatic rings. The molecule has 0 amide bonds. The van der Waals surface area contributed by atoms with E-state index in [1.807, 2.05) is 6.07 Å². The highest BCUT2D eigenvalue weighted by Gasteiger charge is 2.24. The molecule has 0 bridgehead atoms. The lowest BCUT2D eigenvalue weighted by Crippen LogP contribution is -2.09. The van der Waals surface area contributed by atoms with Crippen molar-refractivity contribution in [1.29, 1.82) is 0 Å². The van der Waals surface area contributed by atoms with E-state index in [0.29, 0.717) is 0 Å². The zero-order valence-electron chi connectivity index (χ0n) is 11.9. The van der Waals surface area contributed by atoms with Gasteiger partial charge in [-0.3, -0.25) is 0 Å². The Hall–Kier alpha value is -2.13. The van der Waals surface area contributed by atoms with E-state index in [9.17, 15) is 0 Å². The minimum absolute atomic E-state index is 0.140. The molecule has 3 nitrogen and oxygen atoms in total. The topological polar surface area (TPSA) is 27.1 Å². The molecule has 0 saturated carbocycles. The molecule has 0 N–H and O–H groups in total. The van der Waals surface area contributed by atoms with E-state index in [4.69, 9.17) is 9.72 Å². The van der Waals surface area contributed by atoms with Gasteiger partial charge in [-0.15, -0.1) is 0 Å². The van der Waals surface area contributed by atoms with Gasteiger partial charge < -0.3 is 9.30 Å². The highest BCUT2D eigenvalue weighted by atomic mass is 16.5. The Kier molecular flexibility index (Phi) is 3.20. The molecule has 21 heavy (non-hydrogen) atoms. The van der Waals surface area contributed by atoms with Gasteiger partial charge in [0.15, 0.2) is 0 Å². The summed E-state index contributed by atoms with van der Waals surface area (Å²) in [5, 5.41) is 0. The highest BCUT2D eigenvalue weighted by molar-refractivity contribution is 5.76. The monoisotopic (exact) mass is 278 g/mol. The van der Waals surface area contributed by atoms with Gasteiger partial charge in [0, 0.05) is 13.2 Å². The molecular weight excluding hydrogens is 260 g/mol. The molecule has 1 fully saturated rings. The van der Waals surface area contributed by atoms with Crippen molar-refractivity contribution in [2.45, 2.75) is 25.5 Å². The number of rotatable bonds is 3. The van der Waals surface area contributed by atoms with Gasteiger partial charge >= 0.3 is 0 Å². The Labute approximate surface area is 124 Å². The molecule has 0 unspecified atom stereocenters. The van der Waals surface area contributed by atoms with Crippen LogP contribution in [0.25, 0.3) is 11.0 Å². The fraction of sp³-hybridized carbons (Fsp3) is 0.278. The summed E-state index contributed by atoms with van der Waals surface area (Å²) in [6.07, 6.45) is 2.33. The zero-order chi connectivity index (χ0) is 14.1. The van der Waals surface area contributed by atoms with Gasteiger partial charge in [-0.25, -0.2) is 4.98 Å². The first-order valence-electron chi connectivity index (χ1n) is 7.52. The third-order valence-electron chi connectivity index (χ3n) is 4.09. The van der Waals surface area contributed by atoms with Crippen LogP contribution in [0.3, 0.4) is 0 Å². The third kappa shape index (κ3) is 2.34. The van der Waals surface area contributed by atoms with Crippen molar-refractivity contribution in [2.24, 2.45) is 0 Å². The summed E-state index contributed by atoms with van der Waals surface area (Å²) < 4.78 is 8.17. The van der Waals surface area contributed by atoms with Crippen LogP contribution in [0, 0.1) is 0 Å². The highest BCUT2D eigenvalue weighted by Crippen LogP contribution is 2.31. The number of hydrogen-bond acceptors (Lipinski definition) is 2. The number of nitrogens with zero attached hydrogens (tertiary/aromatic N) is 2. The number of imidazole rings is 1. The van der Waals surface area contributed by atoms with Gasteiger partial charge in [-0.1, -0.05) is 42.5 Å². The van der Waals surface area contributed by atoms with Crippen LogP contribution in [0.4, 0.5) is 0 Å². The molecular formula is C18H18N2O. The van der Waals surface area contributed by atoms with Crippen LogP contribution in [0.5, 0.6) is 0 Å². The van der Waals surface area contributed by atoms with E-state index in [-0.39, 0.29) is 6.10 Å². The Bertz CT molecular complexity index is 742. The van der Waals surface area contributed by atoms with Crippen LogP contribution >= 0.6 is 0 Å². The second-order valence-corrected chi connectivity index (χ2v) is 5.53. The molecule has 1 atom stereocenters. The molecule has 0 radical (unpaired) electrons. The standard InChI is InChI=1S/C18H18N2O/c1-2-7-14(8-3-1)13-20-16-10-5-4-9-15(16)19-18(20)17-11-6-12-21-17/h1-5,7-10,17H,6,11-13H2/t17-/m0/s1. The average molecular weight is 278 g/mol. The van der Waals surface area contributed by atoms with Crippen LogP contribution in [-0.4, -0.2) is 16.2 Å². The van der Waals surface area contributed by atoms with Crippen LogP contribution < -0.4 is 0 Å². The maximum absolute atomic E-state index is 5.86. The number of hydrogen-bond donors (Lipinski definition) is 0. The van der Waals surface area contributed by atoms with Gasteiger partial charge in [0.25, 0.3) is 0 Å². The second-order valence-electron chi connectivity index (χ2n) is 5.53. The Balaban J connectivity index is 1.82. The van der Waals surface area contributed by atoms with Gasteiger partial charge in [0.1, 0.15) is 11.9 Å². The van der Waals surface area contributed by atoms with E-state index in [2.05, 4.69) is 53.1 Å². The summed E-state index contributed by atoms with van der Waals surface area (Å²) in [7, 11) is 0. The summed E-state index contributed by atoms with van der Waals surface area (Å²) in [6.45, 7) is 1.69. The number of ether oxygens (including phenoxy) is 1. The first-order chi connectivity index (χ1) is 10.4. The van der Waals surface area contributed by atoms with Crippen molar-refractivity contribution in [2.75, 3.05) is 6.61 Å². The molecule has 2 heterocycles.